The minimum absolute atomic E-state index is 0.198. The molecule has 20 heavy (non-hydrogen) atoms. The third-order valence-electron chi connectivity index (χ3n) is 3.78. The van der Waals surface area contributed by atoms with Crippen LogP contribution in [-0.2, 0) is 6.54 Å². The van der Waals surface area contributed by atoms with Crippen LogP contribution >= 0.6 is 0 Å². The molecule has 0 aliphatic carbocycles. The Morgan fingerprint density at radius 3 is 2.70 bits per heavy atom. The van der Waals surface area contributed by atoms with Crippen LogP contribution in [0.1, 0.15) is 51.8 Å². The molecule has 0 amide bonds. The fourth-order valence-electron chi connectivity index (χ4n) is 2.24. The lowest BCUT2D eigenvalue weighted by molar-refractivity contribution is 0.246. The smallest absolute Gasteiger partial charge is 0.140 e. The number of nitrogens with zero attached hydrogens (tertiary/aromatic N) is 4. The van der Waals surface area contributed by atoms with Crippen molar-refractivity contribution in [3.8, 4) is 0 Å². The van der Waals surface area contributed by atoms with Crippen molar-refractivity contribution < 1.29 is 5.21 Å². The van der Waals surface area contributed by atoms with E-state index in [4.69, 9.17) is 10.9 Å². The summed E-state index contributed by atoms with van der Waals surface area (Å²) in [4.78, 5) is 2.15. The van der Waals surface area contributed by atoms with Gasteiger partial charge in [0, 0.05) is 25.2 Å². The van der Waals surface area contributed by atoms with Gasteiger partial charge < -0.3 is 10.9 Å². The topological polar surface area (TPSA) is 79.7 Å². The summed E-state index contributed by atoms with van der Waals surface area (Å²) in [6, 6.07) is 2.73. The maximum absolute atomic E-state index is 8.60. The summed E-state index contributed by atoms with van der Waals surface area (Å²) in [5.74, 6) is 0.256. The fraction of sp³-hybridized carbons (Fsp3) is 0.714. The van der Waals surface area contributed by atoms with Crippen molar-refractivity contribution in [2.45, 2.75) is 58.7 Å². The number of rotatable bonds is 8. The first-order chi connectivity index (χ1) is 9.51. The van der Waals surface area contributed by atoms with Gasteiger partial charge in [0.2, 0.25) is 0 Å². The molecule has 1 rings (SSSR count). The predicted molar refractivity (Wildman–Crippen MR) is 80.8 cm³/mol. The van der Waals surface area contributed by atoms with Gasteiger partial charge in [-0.3, -0.25) is 9.58 Å². The molecule has 0 fully saturated rings. The second kappa shape index (κ2) is 7.89. The number of oxime groups is 1. The third kappa shape index (κ3) is 4.52. The van der Waals surface area contributed by atoms with Gasteiger partial charge in [-0.15, -0.1) is 0 Å². The largest absolute Gasteiger partial charge is 0.409 e. The average molecular weight is 281 g/mol. The van der Waals surface area contributed by atoms with Gasteiger partial charge in [0.25, 0.3) is 0 Å². The van der Waals surface area contributed by atoms with E-state index in [2.05, 4.69) is 52.9 Å². The van der Waals surface area contributed by atoms with E-state index < -0.39 is 0 Å². The Kier molecular flexibility index (Phi) is 6.51. The molecule has 6 heteroatoms. The maximum atomic E-state index is 8.60. The molecule has 3 N–H and O–H groups in total. The zero-order chi connectivity index (χ0) is 15.1. The van der Waals surface area contributed by atoms with E-state index in [1.54, 1.807) is 0 Å². The van der Waals surface area contributed by atoms with Crippen LogP contribution in [0.5, 0.6) is 0 Å². The van der Waals surface area contributed by atoms with Crippen LogP contribution in [-0.4, -0.2) is 38.8 Å². The molecule has 0 bridgehead atoms. The number of aromatic nitrogens is 2. The lowest BCUT2D eigenvalue weighted by Gasteiger charge is -2.23. The van der Waals surface area contributed by atoms with Crippen LogP contribution in [0, 0.1) is 0 Å². The highest BCUT2D eigenvalue weighted by molar-refractivity contribution is 5.80. The van der Waals surface area contributed by atoms with E-state index in [0.717, 1.165) is 25.1 Å². The molecule has 0 saturated carbocycles. The Morgan fingerprint density at radius 2 is 2.15 bits per heavy atom. The molecular weight excluding hydrogens is 254 g/mol. The van der Waals surface area contributed by atoms with E-state index in [1.165, 1.54) is 0 Å². The van der Waals surface area contributed by atoms with E-state index >= 15 is 0 Å². The summed E-state index contributed by atoms with van der Waals surface area (Å²) >= 11 is 0. The number of amidine groups is 1. The van der Waals surface area contributed by atoms with Crippen molar-refractivity contribution in [3.05, 3.63) is 18.0 Å². The van der Waals surface area contributed by atoms with Crippen LogP contribution in [0.15, 0.2) is 17.4 Å². The Hall–Kier alpha value is -1.56. The lowest BCUT2D eigenvalue weighted by Crippen LogP contribution is -2.33. The van der Waals surface area contributed by atoms with Crippen molar-refractivity contribution in [3.63, 3.8) is 0 Å². The molecule has 6 nitrogen and oxygen atoms in total. The monoisotopic (exact) mass is 281 g/mol. The number of nitrogens with two attached hydrogens (primary N) is 1. The minimum atomic E-state index is 0.198. The average Bonchev–Trinajstić information content (AvgIpc) is 2.88. The molecule has 0 spiro atoms. The molecule has 0 saturated heterocycles. The summed E-state index contributed by atoms with van der Waals surface area (Å²) in [6.45, 7) is 7.17. The summed E-state index contributed by atoms with van der Waals surface area (Å²) in [6.07, 6.45) is 4.77. The van der Waals surface area contributed by atoms with E-state index in [0.29, 0.717) is 12.5 Å². The van der Waals surface area contributed by atoms with Crippen LogP contribution in [0.2, 0.25) is 0 Å². The van der Waals surface area contributed by atoms with Crippen LogP contribution in [0.3, 0.4) is 0 Å². The van der Waals surface area contributed by atoms with Crippen LogP contribution < -0.4 is 5.73 Å². The fourth-order valence-corrected chi connectivity index (χ4v) is 2.24. The van der Waals surface area contributed by atoms with Gasteiger partial charge in [-0.1, -0.05) is 19.0 Å². The SMILES string of the molecule is CCC(CC)n1ccc(CN(C)C(C)CC(N)=NO)n1. The Balaban J connectivity index is 2.60. The Labute approximate surface area is 121 Å². The second-order valence-electron chi connectivity index (χ2n) is 5.32. The van der Waals surface area contributed by atoms with Gasteiger partial charge in [-0.2, -0.15) is 5.10 Å². The first kappa shape index (κ1) is 16.5. The van der Waals surface area contributed by atoms with Gasteiger partial charge in [-0.05, 0) is 32.9 Å². The summed E-state index contributed by atoms with van der Waals surface area (Å²) < 4.78 is 2.05. The first-order valence-electron chi connectivity index (χ1n) is 7.22. The highest BCUT2D eigenvalue weighted by Crippen LogP contribution is 2.15. The van der Waals surface area contributed by atoms with E-state index in [9.17, 15) is 0 Å². The molecule has 0 aliphatic rings. The highest BCUT2D eigenvalue weighted by Gasteiger charge is 2.14. The van der Waals surface area contributed by atoms with Gasteiger partial charge in [0.1, 0.15) is 5.84 Å². The summed E-state index contributed by atoms with van der Waals surface area (Å²) in [5.41, 5.74) is 6.59. The molecule has 0 aliphatic heterocycles. The first-order valence-corrected chi connectivity index (χ1v) is 7.22. The van der Waals surface area contributed by atoms with E-state index in [-0.39, 0.29) is 11.9 Å². The molecule has 1 heterocycles. The van der Waals surface area contributed by atoms with Gasteiger partial charge in [0.05, 0.1) is 11.7 Å². The van der Waals surface area contributed by atoms with Gasteiger partial charge >= 0.3 is 0 Å². The Bertz CT molecular complexity index is 425. The molecule has 0 radical (unpaired) electrons. The summed E-state index contributed by atoms with van der Waals surface area (Å²) in [5, 5.41) is 16.3. The summed E-state index contributed by atoms with van der Waals surface area (Å²) in [7, 11) is 2.02. The van der Waals surface area contributed by atoms with E-state index in [1.807, 2.05) is 7.05 Å². The lowest BCUT2D eigenvalue weighted by atomic mass is 10.2. The number of hydrogen-bond acceptors (Lipinski definition) is 4. The third-order valence-corrected chi connectivity index (χ3v) is 3.78. The van der Waals surface area contributed by atoms with Gasteiger partial charge in [-0.25, -0.2) is 0 Å². The molecule has 1 unspecified atom stereocenters. The molecule has 1 aromatic rings. The Morgan fingerprint density at radius 1 is 1.50 bits per heavy atom. The van der Waals surface area contributed by atoms with Crippen molar-refractivity contribution in [2.24, 2.45) is 10.9 Å². The van der Waals surface area contributed by atoms with Crippen molar-refractivity contribution in [2.75, 3.05) is 7.05 Å². The zero-order valence-corrected chi connectivity index (χ0v) is 13.0. The minimum Gasteiger partial charge on any atom is -0.409 e. The zero-order valence-electron chi connectivity index (χ0n) is 13.0. The predicted octanol–water partition coefficient (Wildman–Crippen LogP) is 2.20. The molecule has 114 valence electrons. The quantitative estimate of drug-likeness (QED) is 0.331. The van der Waals surface area contributed by atoms with Crippen molar-refractivity contribution >= 4 is 5.84 Å². The van der Waals surface area contributed by atoms with Crippen molar-refractivity contribution in [1.82, 2.24) is 14.7 Å². The van der Waals surface area contributed by atoms with Crippen LogP contribution in [0.25, 0.3) is 0 Å². The van der Waals surface area contributed by atoms with Crippen molar-refractivity contribution in [1.29, 1.82) is 0 Å². The molecule has 1 atom stereocenters. The second-order valence-corrected chi connectivity index (χ2v) is 5.32. The highest BCUT2D eigenvalue weighted by atomic mass is 16.4. The number of hydrogen-bond donors (Lipinski definition) is 2. The molecular formula is C14H27N5O. The molecule has 0 aromatic carbocycles. The van der Waals surface area contributed by atoms with Gasteiger partial charge in [0.15, 0.2) is 0 Å². The standard InChI is InChI=1S/C14H27N5O/c1-5-13(6-2)19-8-7-12(16-19)10-18(4)11(3)9-14(15)17-20/h7-8,11,13,20H,5-6,9-10H2,1-4H3,(H2,15,17). The molecule has 1 aromatic heterocycles. The maximum Gasteiger partial charge on any atom is 0.140 e. The normalized spacial score (nSPS) is 14.2. The van der Waals surface area contributed by atoms with Crippen LogP contribution in [0.4, 0.5) is 0 Å².